The zero-order chi connectivity index (χ0) is 16.5. The van der Waals surface area contributed by atoms with Crippen LogP contribution >= 0.6 is 0 Å². The lowest BCUT2D eigenvalue weighted by Crippen LogP contribution is -2.54. The fraction of sp³-hybridized carbons (Fsp3) is 0.467. The minimum Gasteiger partial charge on any atom is -0.479 e. The molecule has 120 valence electrons. The van der Waals surface area contributed by atoms with Gasteiger partial charge in [-0.1, -0.05) is 12.5 Å². The fourth-order valence-corrected chi connectivity index (χ4v) is 2.52. The van der Waals surface area contributed by atoms with E-state index in [9.17, 15) is 23.5 Å². The normalized spacial score (nSPS) is 18.9. The average Bonchev–Trinajstić information content (AvgIpc) is 2.37. The van der Waals surface area contributed by atoms with E-state index < -0.39 is 41.1 Å². The molecule has 1 aromatic carbocycles. The van der Waals surface area contributed by atoms with Crippen LogP contribution in [0.25, 0.3) is 0 Å². The first kappa shape index (κ1) is 16.4. The molecule has 1 atom stereocenters. The Kier molecular flexibility index (Phi) is 4.19. The third-order valence-electron chi connectivity index (χ3n) is 4.14. The molecule has 0 saturated heterocycles. The molecule has 1 saturated carbocycles. The quantitative estimate of drug-likeness (QED) is 0.765. The minimum atomic E-state index is -2.11. The van der Waals surface area contributed by atoms with Gasteiger partial charge in [0.05, 0.1) is 12.0 Å². The summed E-state index contributed by atoms with van der Waals surface area (Å²) in [4.78, 5) is 23.2. The van der Waals surface area contributed by atoms with E-state index in [0.717, 1.165) is 19.1 Å². The highest BCUT2D eigenvalue weighted by Crippen LogP contribution is 2.45. The number of rotatable bonds is 5. The van der Waals surface area contributed by atoms with Gasteiger partial charge in [-0.3, -0.25) is 4.79 Å². The van der Waals surface area contributed by atoms with Crippen LogP contribution in [0.1, 0.15) is 31.7 Å². The Bertz CT molecular complexity index is 612. The molecule has 1 aromatic rings. The van der Waals surface area contributed by atoms with E-state index in [4.69, 9.17) is 5.11 Å². The Labute approximate surface area is 126 Å². The van der Waals surface area contributed by atoms with E-state index >= 15 is 0 Å². The molecule has 0 radical (unpaired) electrons. The summed E-state index contributed by atoms with van der Waals surface area (Å²) in [7, 11) is 0. The molecule has 5 nitrogen and oxygen atoms in total. The van der Waals surface area contributed by atoms with Crippen molar-refractivity contribution >= 4 is 11.9 Å². The topological polar surface area (TPSA) is 86.6 Å². The average molecular weight is 313 g/mol. The summed E-state index contributed by atoms with van der Waals surface area (Å²) in [5.74, 6) is -3.57. The van der Waals surface area contributed by atoms with Crippen LogP contribution in [0.15, 0.2) is 18.2 Å². The number of halogens is 2. The van der Waals surface area contributed by atoms with E-state index in [0.29, 0.717) is 19.3 Å². The van der Waals surface area contributed by atoms with Crippen LogP contribution in [0, 0.1) is 11.6 Å². The second kappa shape index (κ2) is 5.64. The van der Waals surface area contributed by atoms with Crippen molar-refractivity contribution in [3.63, 3.8) is 0 Å². The third-order valence-corrected chi connectivity index (χ3v) is 4.14. The maximum absolute atomic E-state index is 14.0. The summed E-state index contributed by atoms with van der Waals surface area (Å²) in [6, 6.07) is 3.04. The van der Waals surface area contributed by atoms with E-state index in [1.807, 2.05) is 0 Å². The largest absolute Gasteiger partial charge is 0.479 e. The number of carbonyl (C=O) groups is 2. The summed E-state index contributed by atoms with van der Waals surface area (Å²) in [6.45, 7) is 0.563. The number of hydrogen-bond acceptors (Lipinski definition) is 3. The number of benzene rings is 1. The number of nitrogens with one attached hydrogen (secondary N) is 1. The molecule has 1 amide bonds. The van der Waals surface area contributed by atoms with Gasteiger partial charge in [-0.05, 0) is 25.8 Å². The molecule has 0 heterocycles. The minimum absolute atomic E-state index is 0.0904. The maximum Gasteiger partial charge on any atom is 0.337 e. The van der Waals surface area contributed by atoms with Gasteiger partial charge >= 0.3 is 5.97 Å². The van der Waals surface area contributed by atoms with E-state index in [-0.39, 0.29) is 5.56 Å². The molecule has 1 aliphatic carbocycles. The molecular formula is C15H17F2NO4. The molecule has 0 bridgehead atoms. The number of carbonyl (C=O) groups excluding carboxylic acids is 1. The molecule has 1 fully saturated rings. The Morgan fingerprint density at radius 2 is 2.00 bits per heavy atom. The number of carboxylic acid groups (broad SMARTS) is 1. The van der Waals surface area contributed by atoms with Crippen molar-refractivity contribution in [3.8, 4) is 0 Å². The fourth-order valence-electron chi connectivity index (χ4n) is 2.52. The Hall–Kier alpha value is -2.02. The molecule has 7 heteroatoms. The zero-order valence-electron chi connectivity index (χ0n) is 12.0. The van der Waals surface area contributed by atoms with Crippen molar-refractivity contribution in [2.24, 2.45) is 0 Å². The highest BCUT2D eigenvalue weighted by Gasteiger charge is 2.47. The lowest BCUT2D eigenvalue weighted by Gasteiger charge is -2.41. The van der Waals surface area contributed by atoms with Crippen LogP contribution in [0.3, 0.4) is 0 Å². The molecule has 2 rings (SSSR count). The summed E-state index contributed by atoms with van der Waals surface area (Å²) >= 11 is 0. The van der Waals surface area contributed by atoms with Gasteiger partial charge in [-0.15, -0.1) is 0 Å². The van der Waals surface area contributed by atoms with Gasteiger partial charge in [0.15, 0.2) is 5.60 Å². The molecule has 22 heavy (non-hydrogen) atoms. The van der Waals surface area contributed by atoms with Crippen LogP contribution in [0.4, 0.5) is 8.78 Å². The number of carboxylic acids is 1. The van der Waals surface area contributed by atoms with E-state index in [1.54, 1.807) is 0 Å². The monoisotopic (exact) mass is 313 g/mol. The van der Waals surface area contributed by atoms with Crippen LogP contribution in [-0.2, 0) is 15.0 Å². The summed E-state index contributed by atoms with van der Waals surface area (Å²) in [6.07, 6.45) is 1.48. The molecule has 1 aliphatic rings. The lowest BCUT2D eigenvalue weighted by molar-refractivity contribution is -0.156. The first-order valence-electron chi connectivity index (χ1n) is 6.89. The van der Waals surface area contributed by atoms with Crippen LogP contribution < -0.4 is 5.32 Å². The SMILES string of the molecule is CC(O)(CNC(=O)C1(c2ccc(F)cc2F)CCC1)C(=O)O. The van der Waals surface area contributed by atoms with Gasteiger partial charge < -0.3 is 15.5 Å². The number of aliphatic hydroxyl groups is 1. The number of aliphatic carboxylic acids is 1. The van der Waals surface area contributed by atoms with Crippen molar-refractivity contribution in [3.05, 3.63) is 35.4 Å². The van der Waals surface area contributed by atoms with E-state index in [2.05, 4.69) is 5.32 Å². The summed E-state index contributed by atoms with van der Waals surface area (Å²) in [5, 5.41) is 20.8. The smallest absolute Gasteiger partial charge is 0.337 e. The van der Waals surface area contributed by atoms with Gasteiger partial charge in [0, 0.05) is 11.6 Å². The van der Waals surface area contributed by atoms with Gasteiger partial charge in [-0.25, -0.2) is 13.6 Å². The molecule has 0 aliphatic heterocycles. The summed E-state index contributed by atoms with van der Waals surface area (Å²) in [5.41, 5.74) is -3.15. The van der Waals surface area contributed by atoms with Crippen molar-refractivity contribution in [2.75, 3.05) is 6.54 Å². The maximum atomic E-state index is 14.0. The summed E-state index contributed by atoms with van der Waals surface area (Å²) < 4.78 is 27.0. The predicted octanol–water partition coefficient (Wildman–Crippen LogP) is 1.34. The van der Waals surface area contributed by atoms with Crippen molar-refractivity contribution in [1.82, 2.24) is 5.32 Å². The Balaban J connectivity index is 2.20. The molecule has 3 N–H and O–H groups in total. The highest BCUT2D eigenvalue weighted by atomic mass is 19.1. The van der Waals surface area contributed by atoms with Crippen molar-refractivity contribution < 1.29 is 28.6 Å². The second-order valence-corrected chi connectivity index (χ2v) is 5.82. The molecule has 0 aromatic heterocycles. The Morgan fingerprint density at radius 3 is 2.45 bits per heavy atom. The number of amides is 1. The molecule has 0 spiro atoms. The zero-order valence-corrected chi connectivity index (χ0v) is 12.0. The first-order chi connectivity index (χ1) is 10.2. The standard InChI is InChI=1S/C15H17F2NO4/c1-14(22,13(20)21)8-18-12(19)15(5-2-6-15)10-4-3-9(16)7-11(10)17/h3-4,7,22H,2,5-6,8H2,1H3,(H,18,19)(H,20,21). The third kappa shape index (κ3) is 2.81. The second-order valence-electron chi connectivity index (χ2n) is 5.82. The van der Waals surface area contributed by atoms with Crippen LogP contribution in [0.2, 0.25) is 0 Å². The predicted molar refractivity (Wildman–Crippen MR) is 73.2 cm³/mol. The van der Waals surface area contributed by atoms with Gasteiger partial charge in [0.2, 0.25) is 5.91 Å². The lowest BCUT2D eigenvalue weighted by atomic mass is 9.63. The van der Waals surface area contributed by atoms with Crippen LogP contribution in [-0.4, -0.2) is 34.2 Å². The molecular weight excluding hydrogens is 296 g/mol. The van der Waals surface area contributed by atoms with Crippen LogP contribution in [0.5, 0.6) is 0 Å². The Morgan fingerprint density at radius 1 is 1.36 bits per heavy atom. The first-order valence-corrected chi connectivity index (χ1v) is 6.89. The number of hydrogen-bond donors (Lipinski definition) is 3. The van der Waals surface area contributed by atoms with Gasteiger partial charge in [0.25, 0.3) is 0 Å². The van der Waals surface area contributed by atoms with Crippen molar-refractivity contribution in [2.45, 2.75) is 37.2 Å². The van der Waals surface area contributed by atoms with Gasteiger partial charge in [0.1, 0.15) is 11.6 Å². The van der Waals surface area contributed by atoms with Crippen molar-refractivity contribution in [1.29, 1.82) is 0 Å². The van der Waals surface area contributed by atoms with Gasteiger partial charge in [-0.2, -0.15) is 0 Å². The highest BCUT2D eigenvalue weighted by molar-refractivity contribution is 5.90. The van der Waals surface area contributed by atoms with E-state index in [1.165, 1.54) is 6.07 Å². The molecule has 1 unspecified atom stereocenters.